The van der Waals surface area contributed by atoms with E-state index in [-0.39, 0.29) is 17.8 Å². The van der Waals surface area contributed by atoms with Crippen LogP contribution < -0.4 is 0 Å². The third-order valence-electron chi connectivity index (χ3n) is 4.87. The van der Waals surface area contributed by atoms with Gasteiger partial charge >= 0.3 is 5.97 Å². The summed E-state index contributed by atoms with van der Waals surface area (Å²) in [6.45, 7) is 3.16. The first kappa shape index (κ1) is 18.1. The topological polar surface area (TPSA) is 90.2 Å². The van der Waals surface area contributed by atoms with Crippen LogP contribution in [0.1, 0.15) is 30.1 Å². The molecule has 144 valence electrons. The number of esters is 1. The zero-order valence-electron chi connectivity index (χ0n) is 15.6. The molecule has 1 aliphatic heterocycles. The fourth-order valence-electron chi connectivity index (χ4n) is 3.51. The summed E-state index contributed by atoms with van der Waals surface area (Å²) in [6, 6.07) is 10.9. The lowest BCUT2D eigenvalue weighted by Gasteiger charge is -2.31. The number of likely N-dealkylation sites (tertiary alicyclic amines) is 1. The molecule has 0 unspecified atom stereocenters. The van der Waals surface area contributed by atoms with E-state index in [1.165, 1.54) is 0 Å². The van der Waals surface area contributed by atoms with E-state index < -0.39 is 0 Å². The van der Waals surface area contributed by atoms with E-state index in [1.807, 2.05) is 18.2 Å². The summed E-state index contributed by atoms with van der Waals surface area (Å²) in [5.41, 5.74) is 2.58. The van der Waals surface area contributed by atoms with Crippen molar-refractivity contribution in [2.75, 3.05) is 19.7 Å². The fourth-order valence-corrected chi connectivity index (χ4v) is 3.51. The molecule has 1 aliphatic rings. The summed E-state index contributed by atoms with van der Waals surface area (Å²) >= 11 is 0. The molecule has 0 N–H and O–H groups in total. The molecule has 0 aliphatic carbocycles. The molecular weight excluding hydrogens is 358 g/mol. The van der Waals surface area contributed by atoms with Crippen molar-refractivity contribution in [3.8, 4) is 5.69 Å². The van der Waals surface area contributed by atoms with Crippen molar-refractivity contribution >= 4 is 23.0 Å². The summed E-state index contributed by atoms with van der Waals surface area (Å²) in [6.07, 6.45) is 3.21. The molecule has 8 heteroatoms. The Morgan fingerprint density at radius 2 is 2.14 bits per heavy atom. The maximum Gasteiger partial charge on any atom is 0.310 e. The number of carbonyl (C=O) groups excluding carboxylic acids is 2. The van der Waals surface area contributed by atoms with Crippen LogP contribution in [0.3, 0.4) is 0 Å². The fraction of sp³-hybridized carbons (Fsp3) is 0.350. The number of pyridine rings is 1. The van der Waals surface area contributed by atoms with Crippen LogP contribution in [0.4, 0.5) is 0 Å². The van der Waals surface area contributed by atoms with Crippen LogP contribution in [0, 0.1) is 5.92 Å². The molecule has 1 atom stereocenters. The molecule has 4 rings (SSSR count). The Kier molecular flexibility index (Phi) is 5.01. The van der Waals surface area contributed by atoms with Crippen molar-refractivity contribution < 1.29 is 14.3 Å². The van der Waals surface area contributed by atoms with Crippen LogP contribution in [-0.2, 0) is 9.53 Å². The van der Waals surface area contributed by atoms with Gasteiger partial charge in [-0.15, -0.1) is 5.10 Å². The van der Waals surface area contributed by atoms with Crippen LogP contribution in [-0.4, -0.2) is 56.5 Å². The van der Waals surface area contributed by atoms with Crippen molar-refractivity contribution in [3.63, 3.8) is 0 Å². The predicted molar refractivity (Wildman–Crippen MR) is 102 cm³/mol. The number of nitrogens with zero attached hydrogens (tertiary/aromatic N) is 5. The lowest BCUT2D eigenvalue weighted by atomic mass is 9.97. The van der Waals surface area contributed by atoms with Crippen molar-refractivity contribution in [1.29, 1.82) is 0 Å². The molecule has 0 radical (unpaired) electrons. The van der Waals surface area contributed by atoms with Crippen LogP contribution in [0.5, 0.6) is 0 Å². The van der Waals surface area contributed by atoms with Crippen molar-refractivity contribution in [1.82, 2.24) is 24.9 Å². The van der Waals surface area contributed by atoms with Gasteiger partial charge in [0.15, 0.2) is 5.65 Å². The smallest absolute Gasteiger partial charge is 0.310 e. The Morgan fingerprint density at radius 3 is 3.00 bits per heavy atom. The molecule has 1 aromatic carbocycles. The number of hydrogen-bond acceptors (Lipinski definition) is 6. The Balaban J connectivity index is 1.57. The Labute approximate surface area is 162 Å². The molecule has 1 amide bonds. The van der Waals surface area contributed by atoms with Crippen LogP contribution in [0.2, 0.25) is 0 Å². The molecule has 1 fully saturated rings. The number of carbonyl (C=O) groups is 2. The highest BCUT2D eigenvalue weighted by Crippen LogP contribution is 2.21. The molecular formula is C20H21N5O3. The Morgan fingerprint density at radius 1 is 1.25 bits per heavy atom. The number of amides is 1. The first-order valence-electron chi connectivity index (χ1n) is 9.40. The third kappa shape index (κ3) is 3.45. The van der Waals surface area contributed by atoms with Gasteiger partial charge in [-0.1, -0.05) is 11.3 Å². The highest BCUT2D eigenvalue weighted by molar-refractivity contribution is 5.95. The van der Waals surface area contributed by atoms with Gasteiger partial charge in [-0.25, -0.2) is 4.98 Å². The summed E-state index contributed by atoms with van der Waals surface area (Å²) < 4.78 is 6.74. The molecule has 3 aromatic rings. The van der Waals surface area contributed by atoms with Gasteiger partial charge in [0.05, 0.1) is 18.2 Å². The lowest BCUT2D eigenvalue weighted by Crippen LogP contribution is -2.42. The highest BCUT2D eigenvalue weighted by Gasteiger charge is 2.30. The minimum Gasteiger partial charge on any atom is -0.466 e. The number of benzene rings is 1. The summed E-state index contributed by atoms with van der Waals surface area (Å²) in [5, 5.41) is 8.26. The van der Waals surface area contributed by atoms with Gasteiger partial charge in [0.1, 0.15) is 5.52 Å². The number of rotatable bonds is 4. The zero-order valence-corrected chi connectivity index (χ0v) is 15.6. The normalized spacial score (nSPS) is 16.9. The van der Waals surface area contributed by atoms with E-state index >= 15 is 0 Å². The van der Waals surface area contributed by atoms with Gasteiger partial charge in [0, 0.05) is 24.8 Å². The summed E-state index contributed by atoms with van der Waals surface area (Å²) in [4.78, 5) is 31.1. The SMILES string of the molecule is CCOC(=O)[C@H]1CCCN(C(=O)c2cccc(-n3nnc4cccnc43)c2)C1. The molecule has 28 heavy (non-hydrogen) atoms. The second kappa shape index (κ2) is 7.75. The Bertz CT molecular complexity index is 1020. The van der Waals surface area contributed by atoms with Gasteiger partial charge in [-0.05, 0) is 50.1 Å². The van der Waals surface area contributed by atoms with E-state index in [1.54, 1.807) is 40.9 Å². The van der Waals surface area contributed by atoms with Crippen LogP contribution in [0.15, 0.2) is 42.6 Å². The largest absolute Gasteiger partial charge is 0.466 e. The summed E-state index contributed by atoms with van der Waals surface area (Å²) in [5.74, 6) is -0.591. The second-order valence-corrected chi connectivity index (χ2v) is 6.74. The molecule has 3 heterocycles. The van der Waals surface area contributed by atoms with E-state index in [0.29, 0.717) is 42.1 Å². The van der Waals surface area contributed by atoms with Gasteiger partial charge in [-0.3, -0.25) is 9.59 Å². The molecule has 1 saturated heterocycles. The molecule has 0 saturated carbocycles. The molecule has 2 aromatic heterocycles. The highest BCUT2D eigenvalue weighted by atomic mass is 16.5. The zero-order chi connectivity index (χ0) is 19.5. The van der Waals surface area contributed by atoms with Gasteiger partial charge in [0.2, 0.25) is 0 Å². The van der Waals surface area contributed by atoms with Gasteiger partial charge in [-0.2, -0.15) is 4.68 Å². The monoisotopic (exact) mass is 379 g/mol. The van der Waals surface area contributed by atoms with E-state index in [0.717, 1.165) is 12.8 Å². The van der Waals surface area contributed by atoms with E-state index in [4.69, 9.17) is 4.74 Å². The molecule has 0 spiro atoms. The standard InChI is InChI=1S/C20H21N5O3/c1-2-28-20(27)15-7-5-11-24(13-15)19(26)14-6-3-8-16(12-14)25-18-17(22-23-25)9-4-10-21-18/h3-4,6,8-10,12,15H,2,5,7,11,13H2,1H3/t15-/m0/s1. The number of aromatic nitrogens is 4. The Hall–Kier alpha value is -3.29. The number of piperidine rings is 1. The molecule has 0 bridgehead atoms. The van der Waals surface area contributed by atoms with Crippen LogP contribution >= 0.6 is 0 Å². The number of ether oxygens (including phenoxy) is 1. The quantitative estimate of drug-likeness (QED) is 0.646. The minimum absolute atomic E-state index is 0.103. The molecule has 8 nitrogen and oxygen atoms in total. The van der Waals surface area contributed by atoms with Crippen LogP contribution in [0.25, 0.3) is 16.9 Å². The van der Waals surface area contributed by atoms with Gasteiger partial charge in [0.25, 0.3) is 5.91 Å². The average Bonchev–Trinajstić information content (AvgIpc) is 3.18. The number of hydrogen-bond donors (Lipinski definition) is 0. The van der Waals surface area contributed by atoms with Gasteiger partial charge < -0.3 is 9.64 Å². The first-order valence-corrected chi connectivity index (χ1v) is 9.40. The number of fused-ring (bicyclic) bond motifs is 1. The van der Waals surface area contributed by atoms with Crippen molar-refractivity contribution in [2.24, 2.45) is 5.92 Å². The van der Waals surface area contributed by atoms with Crippen molar-refractivity contribution in [3.05, 3.63) is 48.2 Å². The van der Waals surface area contributed by atoms with E-state index in [2.05, 4.69) is 15.3 Å². The summed E-state index contributed by atoms with van der Waals surface area (Å²) in [7, 11) is 0. The van der Waals surface area contributed by atoms with E-state index in [9.17, 15) is 9.59 Å². The van der Waals surface area contributed by atoms with Crippen molar-refractivity contribution in [2.45, 2.75) is 19.8 Å². The minimum atomic E-state index is -0.260. The lowest BCUT2D eigenvalue weighted by molar-refractivity contribution is -0.149. The first-order chi connectivity index (χ1) is 13.7. The average molecular weight is 379 g/mol. The third-order valence-corrected chi connectivity index (χ3v) is 4.87. The maximum atomic E-state index is 13.0. The predicted octanol–water partition coefficient (Wildman–Crippen LogP) is 2.23. The second-order valence-electron chi connectivity index (χ2n) is 6.74. The maximum absolute atomic E-state index is 13.0.